The van der Waals surface area contributed by atoms with Crippen molar-refractivity contribution in [1.29, 1.82) is 0 Å². The van der Waals surface area contributed by atoms with Crippen molar-refractivity contribution in [2.75, 3.05) is 26.9 Å². The number of nitrogens with one attached hydrogen (secondary N) is 1. The number of nitrogens with zero attached hydrogens (tertiary/aromatic N) is 2. The third-order valence-corrected chi connectivity index (χ3v) is 6.40. The summed E-state index contributed by atoms with van der Waals surface area (Å²) in [5, 5.41) is 10.2. The van der Waals surface area contributed by atoms with Gasteiger partial charge < -0.3 is 29.0 Å². The summed E-state index contributed by atoms with van der Waals surface area (Å²) >= 11 is 6.39. The van der Waals surface area contributed by atoms with E-state index in [0.717, 1.165) is 0 Å². The Morgan fingerprint density at radius 1 is 1.14 bits per heavy atom. The molecule has 2 aliphatic heterocycles. The van der Waals surface area contributed by atoms with E-state index in [1.807, 2.05) is 0 Å². The zero-order valence-electron chi connectivity index (χ0n) is 18.8. The molecule has 1 aromatic carbocycles. The number of benzene rings is 1. The molecular weight excluding hydrogens is 484 g/mol. The first-order chi connectivity index (χ1) is 16.9. The molecular formula is C24H24ClF2N3O5. The van der Waals surface area contributed by atoms with Crippen LogP contribution in [0.25, 0.3) is 17.2 Å². The predicted molar refractivity (Wildman–Crippen MR) is 123 cm³/mol. The Morgan fingerprint density at radius 2 is 1.91 bits per heavy atom. The number of hydrogen-bond acceptors (Lipinski definition) is 7. The lowest BCUT2D eigenvalue weighted by atomic mass is 10.0. The van der Waals surface area contributed by atoms with E-state index in [4.69, 9.17) is 30.5 Å². The van der Waals surface area contributed by atoms with Crippen molar-refractivity contribution in [2.45, 2.75) is 37.3 Å². The molecule has 0 bridgehead atoms. The monoisotopic (exact) mass is 507 g/mol. The van der Waals surface area contributed by atoms with Gasteiger partial charge in [0.05, 0.1) is 36.1 Å². The second-order valence-corrected chi connectivity index (χ2v) is 8.88. The SMILES string of the molecule is COC/C=C/c1cc(F)c(CCc2nc3nc(O[C@@H]4CO[C@H]5[C@@H]4OC[C@H]5O)[nH]c3cc2Cl)c(F)c1. The van der Waals surface area contributed by atoms with E-state index in [-0.39, 0.29) is 43.7 Å². The normalized spacial score (nSPS) is 24.0. The molecule has 0 saturated carbocycles. The van der Waals surface area contributed by atoms with Gasteiger partial charge in [0.15, 0.2) is 11.8 Å². The summed E-state index contributed by atoms with van der Waals surface area (Å²) in [4.78, 5) is 11.8. The number of pyridine rings is 1. The molecule has 11 heteroatoms. The van der Waals surface area contributed by atoms with E-state index in [1.54, 1.807) is 18.2 Å². The summed E-state index contributed by atoms with van der Waals surface area (Å²) in [6.45, 7) is 0.815. The van der Waals surface area contributed by atoms with Crippen molar-refractivity contribution in [3.63, 3.8) is 0 Å². The molecule has 5 rings (SSSR count). The molecule has 35 heavy (non-hydrogen) atoms. The van der Waals surface area contributed by atoms with Gasteiger partial charge in [-0.2, -0.15) is 4.98 Å². The molecule has 4 heterocycles. The quantitative estimate of drug-likeness (QED) is 0.483. The number of aromatic nitrogens is 3. The maximum Gasteiger partial charge on any atom is 0.296 e. The zero-order valence-corrected chi connectivity index (χ0v) is 19.6. The Hall–Kier alpha value is -2.63. The van der Waals surface area contributed by atoms with Crippen LogP contribution in [0.1, 0.15) is 16.8 Å². The number of aromatic amines is 1. The lowest BCUT2D eigenvalue weighted by Crippen LogP contribution is -2.34. The van der Waals surface area contributed by atoms with Gasteiger partial charge in [0.1, 0.15) is 29.9 Å². The van der Waals surface area contributed by atoms with Gasteiger partial charge in [-0.15, -0.1) is 0 Å². The first-order valence-corrected chi connectivity index (χ1v) is 11.6. The standard InChI is InChI=1S/C24H24ClF2N3O5/c1-32-6-2-3-12-7-15(26)13(16(27)8-12)4-5-17-14(25)9-18-23(28-17)30-24(29-18)35-20-11-34-21-19(31)10-33-22(20)21/h2-3,7-9,19-22,31H,4-6,10-11H2,1H3,(H,28,29,30)/b3-2+/t19-,20-,21-,22-/m1/s1. The van der Waals surface area contributed by atoms with E-state index in [0.29, 0.717) is 34.1 Å². The number of halogens is 3. The molecule has 0 aliphatic carbocycles. The fourth-order valence-electron chi connectivity index (χ4n) is 4.33. The van der Waals surface area contributed by atoms with Crippen LogP contribution >= 0.6 is 11.6 Å². The summed E-state index contributed by atoms with van der Waals surface area (Å²) < 4.78 is 51.0. The average Bonchev–Trinajstić information content (AvgIpc) is 3.50. The molecule has 0 amide bonds. The van der Waals surface area contributed by atoms with Gasteiger partial charge in [0.25, 0.3) is 6.01 Å². The second kappa shape index (κ2) is 10.2. The largest absolute Gasteiger partial charge is 0.456 e. The van der Waals surface area contributed by atoms with Crippen LogP contribution in [-0.4, -0.2) is 71.4 Å². The van der Waals surface area contributed by atoms with Crippen LogP contribution in [0.2, 0.25) is 5.02 Å². The Labute approximate surface area is 204 Å². The molecule has 4 atom stereocenters. The number of rotatable bonds is 8. The Bertz CT molecular complexity index is 1230. The first kappa shape index (κ1) is 24.1. The number of methoxy groups -OCH3 is 1. The Morgan fingerprint density at radius 3 is 2.69 bits per heavy atom. The highest BCUT2D eigenvalue weighted by Crippen LogP contribution is 2.30. The fraction of sp³-hybridized carbons (Fsp3) is 0.417. The smallest absolute Gasteiger partial charge is 0.296 e. The summed E-state index contributed by atoms with van der Waals surface area (Å²) in [6.07, 6.45) is 1.68. The van der Waals surface area contributed by atoms with Crippen LogP contribution in [0.3, 0.4) is 0 Å². The maximum absolute atomic E-state index is 14.6. The molecule has 2 saturated heterocycles. The summed E-state index contributed by atoms with van der Waals surface area (Å²) in [7, 11) is 1.54. The molecule has 0 spiro atoms. The molecule has 0 radical (unpaired) electrons. The lowest BCUT2D eigenvalue weighted by molar-refractivity contribution is 0.00706. The molecule has 2 N–H and O–H groups in total. The maximum atomic E-state index is 14.6. The number of aliphatic hydroxyl groups excluding tert-OH is 1. The minimum atomic E-state index is -0.676. The van der Waals surface area contributed by atoms with Crippen molar-refractivity contribution in [3.8, 4) is 6.01 Å². The van der Waals surface area contributed by atoms with E-state index in [2.05, 4.69) is 15.0 Å². The minimum absolute atomic E-state index is 0.0348. The van der Waals surface area contributed by atoms with E-state index in [9.17, 15) is 13.9 Å². The van der Waals surface area contributed by atoms with E-state index >= 15 is 0 Å². The highest BCUT2D eigenvalue weighted by atomic mass is 35.5. The van der Waals surface area contributed by atoms with Gasteiger partial charge in [0, 0.05) is 12.7 Å². The van der Waals surface area contributed by atoms with Crippen molar-refractivity contribution < 1.29 is 32.8 Å². The van der Waals surface area contributed by atoms with Crippen LogP contribution in [0, 0.1) is 11.6 Å². The van der Waals surface area contributed by atoms with E-state index < -0.39 is 29.9 Å². The minimum Gasteiger partial charge on any atom is -0.456 e. The number of fused-ring (bicyclic) bond motifs is 2. The third kappa shape index (κ3) is 5.03. The summed E-state index contributed by atoms with van der Waals surface area (Å²) in [5.41, 5.74) is 1.76. The van der Waals surface area contributed by atoms with Crippen molar-refractivity contribution >= 4 is 28.8 Å². The van der Waals surface area contributed by atoms with Crippen LogP contribution in [-0.2, 0) is 27.1 Å². The highest BCUT2D eigenvalue weighted by molar-refractivity contribution is 6.31. The number of imidazole rings is 1. The molecule has 8 nitrogen and oxygen atoms in total. The molecule has 2 aromatic heterocycles. The van der Waals surface area contributed by atoms with E-state index in [1.165, 1.54) is 19.2 Å². The third-order valence-electron chi connectivity index (χ3n) is 6.07. The number of aryl methyl sites for hydroxylation is 1. The van der Waals surface area contributed by atoms with Gasteiger partial charge in [-0.05, 0) is 36.6 Å². The second-order valence-electron chi connectivity index (χ2n) is 8.47. The van der Waals surface area contributed by atoms with Crippen LogP contribution in [0.15, 0.2) is 24.3 Å². The molecule has 186 valence electrons. The summed E-state index contributed by atoms with van der Waals surface area (Å²) in [6, 6.07) is 4.43. The number of hydrogen-bond donors (Lipinski definition) is 2. The molecule has 2 fully saturated rings. The highest BCUT2D eigenvalue weighted by Gasteiger charge is 2.48. The van der Waals surface area contributed by atoms with Gasteiger partial charge in [0.2, 0.25) is 0 Å². The first-order valence-electron chi connectivity index (χ1n) is 11.2. The number of ether oxygens (including phenoxy) is 4. The molecule has 2 aliphatic rings. The fourth-order valence-corrected chi connectivity index (χ4v) is 4.58. The Kier molecular flexibility index (Phi) is 6.99. The predicted octanol–water partition coefficient (Wildman–Crippen LogP) is 3.24. The lowest BCUT2D eigenvalue weighted by Gasteiger charge is -2.15. The van der Waals surface area contributed by atoms with Crippen molar-refractivity contribution in [2.24, 2.45) is 0 Å². The molecule has 0 unspecified atom stereocenters. The van der Waals surface area contributed by atoms with Crippen LogP contribution in [0.4, 0.5) is 8.78 Å². The van der Waals surface area contributed by atoms with Crippen molar-refractivity contribution in [1.82, 2.24) is 15.0 Å². The summed E-state index contributed by atoms with van der Waals surface area (Å²) in [5.74, 6) is -1.27. The number of H-pyrrole nitrogens is 1. The van der Waals surface area contributed by atoms with Gasteiger partial charge in [-0.25, -0.2) is 13.8 Å². The van der Waals surface area contributed by atoms with Gasteiger partial charge in [-0.3, -0.25) is 0 Å². The molecule has 3 aromatic rings. The van der Waals surface area contributed by atoms with Crippen molar-refractivity contribution in [3.05, 3.63) is 57.8 Å². The average molecular weight is 508 g/mol. The van der Waals surface area contributed by atoms with Gasteiger partial charge >= 0.3 is 0 Å². The van der Waals surface area contributed by atoms with Gasteiger partial charge in [-0.1, -0.05) is 23.8 Å². The van der Waals surface area contributed by atoms with Crippen LogP contribution in [0.5, 0.6) is 6.01 Å². The zero-order chi connectivity index (χ0) is 24.5. The van der Waals surface area contributed by atoms with Crippen LogP contribution < -0.4 is 4.74 Å². The Balaban J connectivity index is 1.29. The topological polar surface area (TPSA) is 98.7 Å². The number of aliphatic hydroxyl groups is 1.